The molecule has 0 spiro atoms. The first-order valence-corrected chi connectivity index (χ1v) is 11.3. The lowest BCUT2D eigenvalue weighted by Gasteiger charge is -2.24. The molecule has 0 aromatic rings. The average molecular weight is 373 g/mol. The highest BCUT2D eigenvalue weighted by Crippen LogP contribution is 2.39. The van der Waals surface area contributed by atoms with E-state index in [0.29, 0.717) is 12.3 Å². The number of aliphatic hydroxyl groups excluding tert-OH is 2. The minimum absolute atomic E-state index is 0.0185. The zero-order valence-corrected chi connectivity index (χ0v) is 16.5. The fourth-order valence-electron chi connectivity index (χ4n) is 4.10. The predicted octanol–water partition coefficient (Wildman–Crippen LogP) is 4.46. The molecule has 2 aliphatic carbocycles. The Morgan fingerprint density at radius 3 is 2.67 bits per heavy atom. The molecule has 2 saturated carbocycles. The maximum absolute atomic E-state index is 10.4. The molecule has 0 unspecified atom stereocenters. The van der Waals surface area contributed by atoms with Gasteiger partial charge in [0.1, 0.15) is 6.10 Å². The van der Waals surface area contributed by atoms with Crippen LogP contribution in [0.2, 0.25) is 0 Å². The van der Waals surface area contributed by atoms with Gasteiger partial charge in [0.25, 0.3) is 0 Å². The van der Waals surface area contributed by atoms with E-state index in [4.69, 9.17) is 11.6 Å². The van der Waals surface area contributed by atoms with E-state index in [0.717, 1.165) is 25.7 Å². The van der Waals surface area contributed by atoms with Gasteiger partial charge in [0.05, 0.1) is 12.0 Å². The molecule has 0 aromatic carbocycles. The number of hydrogen-bond donors (Lipinski definition) is 2. The Balaban J connectivity index is 1.87. The van der Waals surface area contributed by atoms with Gasteiger partial charge in [0, 0.05) is 5.38 Å². The van der Waals surface area contributed by atoms with E-state index in [2.05, 4.69) is 18.8 Å². The third-order valence-electron chi connectivity index (χ3n) is 5.58. The molecule has 4 heteroatoms. The zero-order valence-electron chi connectivity index (χ0n) is 14.9. The molecule has 2 rings (SSSR count). The van der Waals surface area contributed by atoms with Crippen LogP contribution in [0, 0.1) is 29.6 Å². The first kappa shape index (κ1) is 20.4. The van der Waals surface area contributed by atoms with Crippen LogP contribution in [0.15, 0.2) is 0 Å². The second-order valence-electron chi connectivity index (χ2n) is 7.33. The van der Waals surface area contributed by atoms with Crippen molar-refractivity contribution in [3.8, 4) is 11.8 Å². The molecular weight excluding hydrogens is 340 g/mol. The minimum Gasteiger partial charge on any atom is -0.392 e. The molecule has 2 aliphatic rings. The van der Waals surface area contributed by atoms with Crippen molar-refractivity contribution in [2.45, 2.75) is 82.3 Å². The lowest BCUT2D eigenvalue weighted by molar-refractivity contribution is 0.130. The Hall–Kier alpha value is 0.120. The number of unbranched alkanes of at least 4 members (excludes halogenated alkanes) is 1. The monoisotopic (exact) mass is 372 g/mol. The number of aliphatic hydroxyl groups is 2. The van der Waals surface area contributed by atoms with Crippen LogP contribution in [0.5, 0.6) is 0 Å². The van der Waals surface area contributed by atoms with Gasteiger partial charge in [-0.1, -0.05) is 44.4 Å². The topological polar surface area (TPSA) is 40.5 Å². The van der Waals surface area contributed by atoms with Crippen LogP contribution in [0.25, 0.3) is 0 Å². The molecule has 2 nitrogen and oxygen atoms in total. The van der Waals surface area contributed by atoms with Crippen molar-refractivity contribution < 1.29 is 10.2 Å². The van der Waals surface area contributed by atoms with Crippen LogP contribution in [0.4, 0.5) is 0 Å². The molecule has 5 atom stereocenters. The van der Waals surface area contributed by atoms with Gasteiger partial charge in [-0.25, -0.2) is 0 Å². The van der Waals surface area contributed by atoms with Gasteiger partial charge in [0.2, 0.25) is 0 Å². The van der Waals surface area contributed by atoms with E-state index in [1.165, 1.54) is 37.2 Å². The summed E-state index contributed by atoms with van der Waals surface area (Å²) in [7, 11) is 0. The lowest BCUT2D eigenvalue weighted by Crippen LogP contribution is -2.23. The number of rotatable bonds is 7. The van der Waals surface area contributed by atoms with Crippen LogP contribution in [0.1, 0.15) is 64.7 Å². The van der Waals surface area contributed by atoms with Crippen molar-refractivity contribution in [1.29, 1.82) is 0 Å². The van der Waals surface area contributed by atoms with Crippen molar-refractivity contribution >= 4 is 23.4 Å². The Morgan fingerprint density at radius 1 is 1.21 bits per heavy atom. The quantitative estimate of drug-likeness (QED) is 0.394. The van der Waals surface area contributed by atoms with Crippen LogP contribution < -0.4 is 0 Å². The summed E-state index contributed by atoms with van der Waals surface area (Å²) in [5.41, 5.74) is 0. The predicted molar refractivity (Wildman–Crippen MR) is 104 cm³/mol. The molecule has 2 fully saturated rings. The molecule has 2 N–H and O–H groups in total. The Morgan fingerprint density at radius 2 is 1.96 bits per heavy atom. The summed E-state index contributed by atoms with van der Waals surface area (Å²) in [5, 5.41) is 20.7. The molecule has 0 aliphatic heterocycles. The highest BCUT2D eigenvalue weighted by atomic mass is 35.5. The van der Waals surface area contributed by atoms with Gasteiger partial charge in [0.15, 0.2) is 0 Å². The molecular formula is C20H33ClO2S. The third kappa shape index (κ3) is 6.13. The van der Waals surface area contributed by atoms with Crippen molar-refractivity contribution in [2.24, 2.45) is 17.8 Å². The van der Waals surface area contributed by atoms with E-state index < -0.39 is 12.2 Å². The average Bonchev–Trinajstić information content (AvgIpc) is 2.86. The van der Waals surface area contributed by atoms with Crippen molar-refractivity contribution in [3.05, 3.63) is 0 Å². The zero-order chi connectivity index (χ0) is 17.4. The summed E-state index contributed by atoms with van der Waals surface area (Å²) < 4.78 is 0. The summed E-state index contributed by atoms with van der Waals surface area (Å²) in [6.07, 6.45) is 8.92. The molecule has 0 radical (unpaired) electrons. The van der Waals surface area contributed by atoms with Crippen LogP contribution >= 0.6 is 23.4 Å². The van der Waals surface area contributed by atoms with Crippen LogP contribution in [0.3, 0.4) is 0 Å². The van der Waals surface area contributed by atoms with Gasteiger partial charge in [-0.05, 0) is 55.4 Å². The van der Waals surface area contributed by atoms with E-state index >= 15 is 0 Å². The first-order valence-electron chi connectivity index (χ1n) is 9.72. The minimum atomic E-state index is -0.534. The first-order chi connectivity index (χ1) is 11.6. The molecule has 0 amide bonds. The standard InChI is InChI=1S/C20H33ClO2S/c1-2-24-13-7-6-10-16-17(20(23)14-18(16)21)11-12-19(22)15-8-4-3-5-9-15/h15-20,22-23H,2-10,13-14H2,1H3/t16-,17-,18-,19-,20-/m1/s1. The molecule has 24 heavy (non-hydrogen) atoms. The van der Waals surface area contributed by atoms with E-state index in [9.17, 15) is 10.2 Å². The van der Waals surface area contributed by atoms with Gasteiger partial charge >= 0.3 is 0 Å². The number of hydrogen-bond acceptors (Lipinski definition) is 3. The Bertz CT molecular complexity index is 414. The summed E-state index contributed by atoms with van der Waals surface area (Å²) in [4.78, 5) is 0. The SMILES string of the molecule is CCSCCCC[C@@H]1[C@@H](C#C[C@@H](O)C2CCCCC2)[C@H](O)C[C@H]1Cl. The number of halogens is 1. The van der Waals surface area contributed by atoms with Crippen molar-refractivity contribution in [3.63, 3.8) is 0 Å². The fourth-order valence-corrected chi connectivity index (χ4v) is 5.27. The Labute approximate surface area is 157 Å². The summed E-state index contributed by atoms with van der Waals surface area (Å²) in [6, 6.07) is 0. The van der Waals surface area contributed by atoms with Gasteiger partial charge < -0.3 is 10.2 Å². The second-order valence-corrected chi connectivity index (χ2v) is 9.29. The Kier molecular flexibility index (Phi) is 9.33. The summed E-state index contributed by atoms with van der Waals surface area (Å²) >= 11 is 8.46. The molecule has 0 aromatic heterocycles. The second kappa shape index (κ2) is 11.0. The smallest absolute Gasteiger partial charge is 0.117 e. The van der Waals surface area contributed by atoms with E-state index in [1.54, 1.807) is 0 Å². The maximum Gasteiger partial charge on any atom is 0.117 e. The van der Waals surface area contributed by atoms with Crippen molar-refractivity contribution in [1.82, 2.24) is 0 Å². The number of thioether (sulfide) groups is 1. The molecule has 0 heterocycles. The van der Waals surface area contributed by atoms with Crippen LogP contribution in [-0.2, 0) is 0 Å². The third-order valence-corrected chi connectivity index (χ3v) is 7.07. The van der Waals surface area contributed by atoms with Gasteiger partial charge in [-0.3, -0.25) is 0 Å². The maximum atomic E-state index is 10.4. The molecule has 0 saturated heterocycles. The van der Waals surface area contributed by atoms with Gasteiger partial charge in [-0.2, -0.15) is 11.8 Å². The van der Waals surface area contributed by atoms with Gasteiger partial charge in [-0.15, -0.1) is 11.6 Å². The largest absolute Gasteiger partial charge is 0.392 e. The normalized spacial score (nSPS) is 32.3. The fraction of sp³-hybridized carbons (Fsp3) is 0.900. The van der Waals surface area contributed by atoms with Crippen LogP contribution in [-0.4, -0.2) is 39.3 Å². The summed E-state index contributed by atoms with van der Waals surface area (Å²) in [6.45, 7) is 2.19. The van der Waals surface area contributed by atoms with E-state index in [-0.39, 0.29) is 17.2 Å². The molecule has 0 bridgehead atoms. The summed E-state index contributed by atoms with van der Waals surface area (Å²) in [5.74, 6) is 9.19. The van der Waals surface area contributed by atoms with Crippen molar-refractivity contribution in [2.75, 3.05) is 11.5 Å². The highest BCUT2D eigenvalue weighted by molar-refractivity contribution is 7.99. The van der Waals surface area contributed by atoms with E-state index in [1.807, 2.05) is 11.8 Å². The highest BCUT2D eigenvalue weighted by Gasteiger charge is 2.40. The number of alkyl halides is 1. The lowest BCUT2D eigenvalue weighted by atomic mass is 9.84. The molecule has 138 valence electrons.